The molecule has 4 heteroatoms. The summed E-state index contributed by atoms with van der Waals surface area (Å²) in [6.45, 7) is 11.7. The van der Waals surface area contributed by atoms with Crippen molar-refractivity contribution in [1.29, 1.82) is 0 Å². The molecule has 0 N–H and O–H groups in total. The van der Waals surface area contributed by atoms with E-state index in [0.717, 1.165) is 5.57 Å². The minimum Gasteiger partial charge on any atom is -0.469 e. The van der Waals surface area contributed by atoms with Gasteiger partial charge in [0, 0.05) is 10.8 Å². The first kappa shape index (κ1) is 14.5. The monoisotopic (exact) mass is 268 g/mol. The first-order valence-electron chi connectivity index (χ1n) is 6.76. The maximum atomic E-state index is 11.7. The molecule has 108 valence electrons. The van der Waals surface area contributed by atoms with Crippen molar-refractivity contribution in [3.63, 3.8) is 0 Å². The largest absolute Gasteiger partial charge is 0.469 e. The zero-order chi connectivity index (χ0) is 14.5. The number of hydrogen-bond donors (Lipinski definition) is 0. The van der Waals surface area contributed by atoms with Gasteiger partial charge in [-0.3, -0.25) is 4.79 Å². The molecule has 0 bridgehead atoms. The van der Waals surface area contributed by atoms with Crippen molar-refractivity contribution >= 4 is 5.97 Å². The lowest BCUT2D eigenvalue weighted by atomic mass is 9.72. The Hall–Kier alpha value is -0.870. The van der Waals surface area contributed by atoms with Gasteiger partial charge in [-0.1, -0.05) is 33.3 Å². The summed E-state index contributed by atoms with van der Waals surface area (Å²) in [5.41, 5.74) is 1.65. The van der Waals surface area contributed by atoms with Gasteiger partial charge in [-0.25, -0.2) is 0 Å². The summed E-state index contributed by atoms with van der Waals surface area (Å²) >= 11 is 0. The van der Waals surface area contributed by atoms with Crippen LogP contribution in [-0.4, -0.2) is 32.1 Å². The number of hydrogen-bond acceptors (Lipinski definition) is 4. The summed E-state index contributed by atoms with van der Waals surface area (Å²) in [6, 6.07) is 0. The molecule has 1 fully saturated rings. The van der Waals surface area contributed by atoms with Crippen molar-refractivity contribution in [2.75, 3.05) is 20.3 Å². The molecule has 0 aromatic carbocycles. The number of ether oxygens (including phenoxy) is 3. The van der Waals surface area contributed by atoms with Crippen LogP contribution >= 0.6 is 0 Å². The number of carbonyl (C=O) groups excluding carboxylic acids is 1. The van der Waals surface area contributed by atoms with Crippen LogP contribution < -0.4 is 0 Å². The SMILES string of the molecule is COC(=O)CC1=C(C)C(C)(C)C2(OCCO2)C1(C)C. The van der Waals surface area contributed by atoms with Crippen molar-refractivity contribution in [2.24, 2.45) is 10.8 Å². The number of esters is 1. The van der Waals surface area contributed by atoms with Crippen molar-refractivity contribution < 1.29 is 19.0 Å². The molecule has 19 heavy (non-hydrogen) atoms. The molecule has 0 amide bonds. The van der Waals surface area contributed by atoms with E-state index in [-0.39, 0.29) is 16.8 Å². The van der Waals surface area contributed by atoms with Crippen LogP contribution in [0.5, 0.6) is 0 Å². The lowest BCUT2D eigenvalue weighted by Gasteiger charge is -2.46. The highest BCUT2D eigenvalue weighted by Crippen LogP contribution is 2.63. The summed E-state index contributed by atoms with van der Waals surface area (Å²) in [5.74, 6) is -0.888. The van der Waals surface area contributed by atoms with Gasteiger partial charge in [-0.05, 0) is 12.5 Å². The zero-order valence-electron chi connectivity index (χ0n) is 12.8. The first-order chi connectivity index (χ1) is 8.70. The zero-order valence-corrected chi connectivity index (χ0v) is 12.8. The number of rotatable bonds is 2. The van der Waals surface area contributed by atoms with E-state index < -0.39 is 5.79 Å². The molecule has 2 aliphatic rings. The van der Waals surface area contributed by atoms with E-state index >= 15 is 0 Å². The van der Waals surface area contributed by atoms with Gasteiger partial charge in [-0.15, -0.1) is 0 Å². The third-order valence-corrected chi connectivity index (χ3v) is 5.03. The maximum absolute atomic E-state index is 11.7. The van der Waals surface area contributed by atoms with Crippen LogP contribution in [-0.2, 0) is 19.0 Å². The van der Waals surface area contributed by atoms with Gasteiger partial charge in [0.05, 0.1) is 26.7 Å². The molecule has 1 aliphatic carbocycles. The van der Waals surface area contributed by atoms with Gasteiger partial charge >= 0.3 is 5.97 Å². The molecule has 0 radical (unpaired) electrons. The van der Waals surface area contributed by atoms with Crippen LogP contribution in [0.3, 0.4) is 0 Å². The van der Waals surface area contributed by atoms with Crippen LogP contribution in [0.25, 0.3) is 0 Å². The topological polar surface area (TPSA) is 44.8 Å². The fourth-order valence-corrected chi connectivity index (χ4v) is 3.78. The third kappa shape index (κ3) is 1.69. The average Bonchev–Trinajstić information content (AvgIpc) is 2.88. The highest BCUT2D eigenvalue weighted by atomic mass is 16.7. The van der Waals surface area contributed by atoms with E-state index in [1.165, 1.54) is 12.7 Å². The summed E-state index contributed by atoms with van der Waals surface area (Å²) in [5, 5.41) is 0. The predicted octanol–water partition coefficient (Wildman–Crippen LogP) is 2.68. The second kappa shape index (κ2) is 4.32. The maximum Gasteiger partial charge on any atom is 0.309 e. The van der Waals surface area contributed by atoms with Gasteiger partial charge in [0.2, 0.25) is 0 Å². The van der Waals surface area contributed by atoms with Crippen LogP contribution in [0.2, 0.25) is 0 Å². The molecule has 0 atom stereocenters. The van der Waals surface area contributed by atoms with E-state index in [0.29, 0.717) is 19.6 Å². The third-order valence-electron chi connectivity index (χ3n) is 5.03. The average molecular weight is 268 g/mol. The molecule has 2 rings (SSSR count). The molecule has 1 spiro atoms. The molecule has 0 aromatic heterocycles. The van der Waals surface area contributed by atoms with Crippen molar-refractivity contribution in [3.8, 4) is 0 Å². The predicted molar refractivity (Wildman–Crippen MR) is 71.5 cm³/mol. The van der Waals surface area contributed by atoms with Crippen LogP contribution in [0, 0.1) is 10.8 Å². The Morgan fingerprint density at radius 1 is 1.16 bits per heavy atom. The van der Waals surface area contributed by atoms with Gasteiger partial charge in [-0.2, -0.15) is 0 Å². The normalized spacial score (nSPS) is 27.1. The second-order valence-electron chi connectivity index (χ2n) is 6.42. The highest BCUT2D eigenvalue weighted by molar-refractivity contribution is 5.73. The number of carbonyl (C=O) groups is 1. The molecule has 4 nitrogen and oxygen atoms in total. The first-order valence-corrected chi connectivity index (χ1v) is 6.76. The Balaban J connectivity index is 2.48. The quantitative estimate of drug-likeness (QED) is 0.570. The van der Waals surface area contributed by atoms with Crippen molar-refractivity contribution in [3.05, 3.63) is 11.1 Å². The Morgan fingerprint density at radius 3 is 2.16 bits per heavy atom. The second-order valence-corrected chi connectivity index (χ2v) is 6.42. The molecule has 0 aromatic rings. The van der Waals surface area contributed by atoms with E-state index in [1.807, 2.05) is 0 Å². The highest BCUT2D eigenvalue weighted by Gasteiger charge is 2.66. The van der Waals surface area contributed by atoms with E-state index in [9.17, 15) is 4.79 Å². The molecule has 0 saturated carbocycles. The molecule has 1 saturated heterocycles. The smallest absolute Gasteiger partial charge is 0.309 e. The Bertz CT molecular complexity index is 425. The summed E-state index contributed by atoms with van der Waals surface area (Å²) in [4.78, 5) is 11.7. The lowest BCUT2D eigenvalue weighted by Crippen LogP contribution is -2.52. The van der Waals surface area contributed by atoms with E-state index in [2.05, 4.69) is 34.6 Å². The molecular formula is C15H24O4. The van der Waals surface area contributed by atoms with Crippen LogP contribution in [0.1, 0.15) is 41.0 Å². The van der Waals surface area contributed by atoms with Crippen LogP contribution in [0.4, 0.5) is 0 Å². The van der Waals surface area contributed by atoms with Gasteiger partial charge in [0.25, 0.3) is 0 Å². The number of methoxy groups -OCH3 is 1. The van der Waals surface area contributed by atoms with Gasteiger partial charge in [0.1, 0.15) is 0 Å². The van der Waals surface area contributed by atoms with E-state index in [1.54, 1.807) is 0 Å². The molecule has 1 heterocycles. The standard InChI is InChI=1S/C15H24O4/c1-10-11(9-12(16)17-6)14(4,5)15(13(10,2)3)18-7-8-19-15/h7-9H2,1-6H3. The summed E-state index contributed by atoms with van der Waals surface area (Å²) in [6.07, 6.45) is 0.299. The minimum absolute atomic E-state index is 0.215. The Morgan fingerprint density at radius 2 is 1.68 bits per heavy atom. The van der Waals surface area contributed by atoms with Crippen molar-refractivity contribution in [2.45, 2.75) is 46.8 Å². The minimum atomic E-state index is -0.673. The summed E-state index contributed by atoms with van der Waals surface area (Å²) < 4.78 is 16.9. The van der Waals surface area contributed by atoms with E-state index in [4.69, 9.17) is 14.2 Å². The fourth-order valence-electron chi connectivity index (χ4n) is 3.78. The fraction of sp³-hybridized carbons (Fsp3) is 0.800. The molecule has 1 aliphatic heterocycles. The van der Waals surface area contributed by atoms with Gasteiger partial charge < -0.3 is 14.2 Å². The Labute approximate surface area is 115 Å². The van der Waals surface area contributed by atoms with Crippen molar-refractivity contribution in [1.82, 2.24) is 0 Å². The molecule has 0 unspecified atom stereocenters. The van der Waals surface area contributed by atoms with Crippen LogP contribution in [0.15, 0.2) is 11.1 Å². The lowest BCUT2D eigenvalue weighted by molar-refractivity contribution is -0.257. The molecular weight excluding hydrogens is 244 g/mol. The Kier molecular flexibility index (Phi) is 3.30. The van der Waals surface area contributed by atoms with Gasteiger partial charge in [0.15, 0.2) is 5.79 Å². The summed E-state index contributed by atoms with van der Waals surface area (Å²) in [7, 11) is 1.42.